The highest BCUT2D eigenvalue weighted by atomic mass is 35.5. The van der Waals surface area contributed by atoms with E-state index in [4.69, 9.17) is 34.8 Å². The number of rotatable bonds is 9. The summed E-state index contributed by atoms with van der Waals surface area (Å²) in [7, 11) is 1.56. The van der Waals surface area contributed by atoms with Crippen LogP contribution in [-0.4, -0.2) is 35.6 Å². The standard InChI is InChI=1S/C25H23Cl3N2O2S/c1-29-25(32)23(14-17-6-3-2-4-7-17)30(15-20-21(27)8-5-9-22(20)28)24(31)16-33-19-12-10-18(26)11-13-19/h2-13,23H,14-16H2,1H3,(H,29,32). The molecule has 0 aliphatic rings. The molecule has 2 amide bonds. The lowest BCUT2D eigenvalue weighted by atomic mass is 10.0. The van der Waals surface area contributed by atoms with Crippen molar-refractivity contribution in [2.45, 2.75) is 23.9 Å². The van der Waals surface area contributed by atoms with Crippen molar-refractivity contribution in [3.63, 3.8) is 0 Å². The van der Waals surface area contributed by atoms with Crippen LogP contribution < -0.4 is 5.32 Å². The fourth-order valence-corrected chi connectivity index (χ4v) is 4.76. The van der Waals surface area contributed by atoms with Crippen LogP contribution in [0.2, 0.25) is 15.1 Å². The molecule has 0 fully saturated rings. The molecule has 1 atom stereocenters. The van der Waals surface area contributed by atoms with Crippen LogP contribution in [0.25, 0.3) is 0 Å². The number of amides is 2. The lowest BCUT2D eigenvalue weighted by Gasteiger charge is -2.31. The Morgan fingerprint density at radius 2 is 1.55 bits per heavy atom. The van der Waals surface area contributed by atoms with Crippen molar-refractivity contribution in [2.24, 2.45) is 0 Å². The average molecular weight is 522 g/mol. The van der Waals surface area contributed by atoms with Gasteiger partial charge in [0.25, 0.3) is 0 Å². The van der Waals surface area contributed by atoms with Crippen molar-refractivity contribution in [2.75, 3.05) is 12.8 Å². The number of benzene rings is 3. The van der Waals surface area contributed by atoms with Gasteiger partial charge in [-0.25, -0.2) is 0 Å². The van der Waals surface area contributed by atoms with Gasteiger partial charge in [0.15, 0.2) is 0 Å². The maximum Gasteiger partial charge on any atom is 0.242 e. The van der Waals surface area contributed by atoms with E-state index in [0.717, 1.165) is 10.5 Å². The van der Waals surface area contributed by atoms with Gasteiger partial charge in [-0.3, -0.25) is 9.59 Å². The summed E-state index contributed by atoms with van der Waals surface area (Å²) in [6.45, 7) is 0.115. The van der Waals surface area contributed by atoms with E-state index in [1.165, 1.54) is 11.8 Å². The smallest absolute Gasteiger partial charge is 0.242 e. The summed E-state index contributed by atoms with van der Waals surface area (Å²) >= 11 is 20.1. The summed E-state index contributed by atoms with van der Waals surface area (Å²) < 4.78 is 0. The normalized spacial score (nSPS) is 11.6. The number of hydrogen-bond acceptors (Lipinski definition) is 3. The highest BCUT2D eigenvalue weighted by molar-refractivity contribution is 8.00. The van der Waals surface area contributed by atoms with Crippen molar-refractivity contribution in [1.29, 1.82) is 0 Å². The van der Waals surface area contributed by atoms with Gasteiger partial charge in [-0.15, -0.1) is 11.8 Å². The highest BCUT2D eigenvalue weighted by Gasteiger charge is 2.30. The van der Waals surface area contributed by atoms with Crippen LogP contribution in [0.4, 0.5) is 0 Å². The predicted molar refractivity (Wildman–Crippen MR) is 137 cm³/mol. The molecule has 0 saturated heterocycles. The molecule has 33 heavy (non-hydrogen) atoms. The van der Waals surface area contributed by atoms with Gasteiger partial charge in [0.1, 0.15) is 6.04 Å². The van der Waals surface area contributed by atoms with E-state index in [2.05, 4.69) is 5.32 Å². The van der Waals surface area contributed by atoms with Crippen LogP contribution >= 0.6 is 46.6 Å². The Bertz CT molecular complexity index is 1070. The van der Waals surface area contributed by atoms with Crippen LogP contribution in [0.3, 0.4) is 0 Å². The molecule has 3 aromatic carbocycles. The number of carbonyl (C=O) groups is 2. The molecule has 0 radical (unpaired) electrons. The van der Waals surface area contributed by atoms with Crippen LogP contribution in [0.1, 0.15) is 11.1 Å². The second-order valence-electron chi connectivity index (χ2n) is 7.28. The number of thioether (sulfide) groups is 1. The third-order valence-electron chi connectivity index (χ3n) is 5.08. The van der Waals surface area contributed by atoms with Gasteiger partial charge in [-0.2, -0.15) is 0 Å². The third kappa shape index (κ3) is 7.15. The van der Waals surface area contributed by atoms with Crippen LogP contribution in [0, 0.1) is 0 Å². The minimum atomic E-state index is -0.733. The van der Waals surface area contributed by atoms with Crippen molar-refractivity contribution in [1.82, 2.24) is 10.2 Å². The topological polar surface area (TPSA) is 49.4 Å². The molecule has 3 aromatic rings. The van der Waals surface area contributed by atoms with Gasteiger partial charge in [0, 0.05) is 45.5 Å². The number of nitrogens with one attached hydrogen (secondary N) is 1. The Hall–Kier alpha value is -2.18. The first-order valence-corrected chi connectivity index (χ1v) is 12.4. The molecule has 0 aliphatic heterocycles. The number of carbonyl (C=O) groups excluding carboxylic acids is 2. The highest BCUT2D eigenvalue weighted by Crippen LogP contribution is 2.28. The predicted octanol–water partition coefficient (Wildman–Crippen LogP) is 6.13. The molecule has 3 rings (SSSR count). The molecular weight excluding hydrogens is 499 g/mol. The minimum Gasteiger partial charge on any atom is -0.357 e. The summed E-state index contributed by atoms with van der Waals surface area (Å²) in [4.78, 5) is 28.9. The monoisotopic (exact) mass is 520 g/mol. The SMILES string of the molecule is CNC(=O)C(Cc1ccccc1)N(Cc1c(Cl)cccc1Cl)C(=O)CSc1ccc(Cl)cc1. The molecule has 172 valence electrons. The summed E-state index contributed by atoms with van der Waals surface area (Å²) in [5.74, 6) is -0.311. The maximum absolute atomic E-state index is 13.5. The van der Waals surface area contributed by atoms with E-state index in [1.807, 2.05) is 42.5 Å². The van der Waals surface area contributed by atoms with Crippen LogP contribution in [-0.2, 0) is 22.6 Å². The Morgan fingerprint density at radius 1 is 0.909 bits per heavy atom. The first-order chi connectivity index (χ1) is 15.9. The number of nitrogens with zero attached hydrogens (tertiary/aromatic N) is 1. The molecular formula is C25H23Cl3N2O2S. The Morgan fingerprint density at radius 3 is 2.15 bits per heavy atom. The lowest BCUT2D eigenvalue weighted by Crippen LogP contribution is -2.50. The van der Waals surface area contributed by atoms with Crippen molar-refractivity contribution >= 4 is 58.4 Å². The molecule has 8 heteroatoms. The molecule has 0 aromatic heterocycles. The first-order valence-electron chi connectivity index (χ1n) is 10.2. The number of halogens is 3. The summed E-state index contributed by atoms with van der Waals surface area (Å²) in [5, 5.41) is 4.21. The van der Waals surface area contributed by atoms with Crippen molar-refractivity contribution in [3.8, 4) is 0 Å². The molecule has 0 heterocycles. The summed E-state index contributed by atoms with van der Waals surface area (Å²) in [5.41, 5.74) is 1.55. The zero-order chi connectivity index (χ0) is 23.8. The molecule has 0 aliphatic carbocycles. The van der Waals surface area contributed by atoms with E-state index in [1.54, 1.807) is 42.3 Å². The van der Waals surface area contributed by atoms with Gasteiger partial charge in [-0.1, -0.05) is 71.2 Å². The van der Waals surface area contributed by atoms with E-state index in [-0.39, 0.29) is 24.1 Å². The largest absolute Gasteiger partial charge is 0.357 e. The Kier molecular flexibility index (Phi) is 9.51. The zero-order valence-corrected chi connectivity index (χ0v) is 21.0. The van der Waals surface area contributed by atoms with E-state index in [0.29, 0.717) is 27.1 Å². The average Bonchev–Trinajstić information content (AvgIpc) is 2.82. The fourth-order valence-electron chi connectivity index (χ4n) is 3.33. The molecule has 4 nitrogen and oxygen atoms in total. The third-order valence-corrected chi connectivity index (χ3v) is 7.04. The quantitative estimate of drug-likeness (QED) is 0.345. The molecule has 0 saturated carbocycles. The van der Waals surface area contributed by atoms with E-state index in [9.17, 15) is 9.59 Å². The second kappa shape index (κ2) is 12.3. The van der Waals surface area contributed by atoms with Gasteiger partial charge < -0.3 is 10.2 Å². The number of hydrogen-bond donors (Lipinski definition) is 1. The van der Waals surface area contributed by atoms with Gasteiger partial charge in [0.05, 0.1) is 5.75 Å². The lowest BCUT2D eigenvalue weighted by molar-refractivity contribution is -0.139. The molecule has 1 unspecified atom stereocenters. The van der Waals surface area contributed by atoms with Crippen molar-refractivity contribution in [3.05, 3.63) is 99.0 Å². The number of likely N-dealkylation sites (N-methyl/N-ethyl adjacent to an activating group) is 1. The second-order valence-corrected chi connectivity index (χ2v) is 9.58. The van der Waals surface area contributed by atoms with Crippen molar-refractivity contribution < 1.29 is 9.59 Å². The minimum absolute atomic E-state index is 0.115. The van der Waals surface area contributed by atoms with Gasteiger partial charge in [-0.05, 0) is 42.0 Å². The maximum atomic E-state index is 13.5. The first kappa shape index (κ1) is 25.4. The molecule has 0 bridgehead atoms. The van der Waals surface area contributed by atoms with E-state index >= 15 is 0 Å². The van der Waals surface area contributed by atoms with Crippen LogP contribution in [0.5, 0.6) is 0 Å². The van der Waals surface area contributed by atoms with E-state index < -0.39 is 6.04 Å². The van der Waals surface area contributed by atoms with Crippen LogP contribution in [0.15, 0.2) is 77.7 Å². The molecule has 1 N–H and O–H groups in total. The Balaban J connectivity index is 1.91. The molecule has 0 spiro atoms. The Labute approximate surface area is 213 Å². The summed E-state index contributed by atoms with van der Waals surface area (Å²) in [6.07, 6.45) is 0.361. The summed E-state index contributed by atoms with van der Waals surface area (Å²) in [6, 6.07) is 21.3. The van der Waals surface area contributed by atoms with Gasteiger partial charge in [0.2, 0.25) is 11.8 Å². The fraction of sp³-hybridized carbons (Fsp3) is 0.200. The zero-order valence-electron chi connectivity index (χ0n) is 17.9. The van der Waals surface area contributed by atoms with Gasteiger partial charge >= 0.3 is 0 Å².